The highest BCUT2D eigenvalue weighted by Crippen LogP contribution is 2.23. The molecular weight excluding hydrogens is 296 g/mol. The molecule has 0 heterocycles. The van der Waals surface area contributed by atoms with E-state index in [-0.39, 0.29) is 18.4 Å². The molecule has 3 N–H and O–H groups in total. The van der Waals surface area contributed by atoms with Gasteiger partial charge in [0.25, 0.3) is 5.91 Å². The molecule has 6 nitrogen and oxygen atoms in total. The van der Waals surface area contributed by atoms with Crippen molar-refractivity contribution in [1.29, 1.82) is 0 Å². The molecular formula is C17H22N2O4. The number of hydrogen-bond donors (Lipinski definition) is 2. The van der Waals surface area contributed by atoms with Gasteiger partial charge in [-0.05, 0) is 12.8 Å². The quantitative estimate of drug-likeness (QED) is 0.776. The Balaban J connectivity index is 1.85. The number of hydrogen-bond acceptors (Lipinski definition) is 4. The highest BCUT2D eigenvalue weighted by molar-refractivity contribution is 5.86. The Morgan fingerprint density at radius 3 is 2.39 bits per heavy atom. The lowest BCUT2D eigenvalue weighted by Crippen LogP contribution is -2.37. The van der Waals surface area contributed by atoms with Crippen LogP contribution < -0.4 is 11.1 Å². The topological polar surface area (TPSA) is 98.5 Å². The van der Waals surface area contributed by atoms with Crippen LogP contribution in [0.5, 0.6) is 0 Å². The molecule has 0 spiro atoms. The number of nitrogens with two attached hydrogens (primary N) is 1. The van der Waals surface area contributed by atoms with Crippen LogP contribution in [0.4, 0.5) is 0 Å². The van der Waals surface area contributed by atoms with Crippen molar-refractivity contribution in [2.75, 3.05) is 6.54 Å². The summed E-state index contributed by atoms with van der Waals surface area (Å²) < 4.78 is 5.11. The van der Waals surface area contributed by atoms with Gasteiger partial charge in [0.1, 0.15) is 6.54 Å². The predicted octanol–water partition coefficient (Wildman–Crippen LogP) is 1.45. The van der Waals surface area contributed by atoms with Gasteiger partial charge in [0.2, 0.25) is 12.0 Å². The van der Waals surface area contributed by atoms with E-state index in [0.29, 0.717) is 5.56 Å². The molecule has 0 radical (unpaired) electrons. The SMILES string of the molecule is NC(=O)[C@H](OC(=O)CNC(=O)C1CCCCC1)c1ccccc1. The molecule has 1 fully saturated rings. The van der Waals surface area contributed by atoms with E-state index in [4.69, 9.17) is 10.5 Å². The smallest absolute Gasteiger partial charge is 0.326 e. The van der Waals surface area contributed by atoms with Crippen LogP contribution in [0.2, 0.25) is 0 Å². The maximum atomic E-state index is 12.0. The summed E-state index contributed by atoms with van der Waals surface area (Å²) >= 11 is 0. The number of amides is 2. The van der Waals surface area contributed by atoms with Gasteiger partial charge in [-0.2, -0.15) is 0 Å². The Kier molecular flexibility index (Phi) is 6.14. The van der Waals surface area contributed by atoms with Crippen LogP contribution in [0.1, 0.15) is 43.8 Å². The van der Waals surface area contributed by atoms with Crippen LogP contribution in [0, 0.1) is 5.92 Å². The lowest BCUT2D eigenvalue weighted by atomic mass is 9.89. The number of primary amides is 1. The lowest BCUT2D eigenvalue weighted by Gasteiger charge is -2.21. The molecule has 0 saturated heterocycles. The second kappa shape index (κ2) is 8.31. The first-order valence-electron chi connectivity index (χ1n) is 7.89. The number of ether oxygens (including phenoxy) is 1. The molecule has 2 amide bonds. The minimum absolute atomic E-state index is 0.0300. The van der Waals surface area contributed by atoms with Crippen molar-refractivity contribution in [2.24, 2.45) is 11.7 Å². The summed E-state index contributed by atoms with van der Waals surface area (Å²) in [5.41, 5.74) is 5.79. The second-order valence-electron chi connectivity index (χ2n) is 5.74. The van der Waals surface area contributed by atoms with Gasteiger partial charge in [-0.25, -0.2) is 0 Å². The van der Waals surface area contributed by atoms with Crippen molar-refractivity contribution in [3.05, 3.63) is 35.9 Å². The molecule has 0 bridgehead atoms. The van der Waals surface area contributed by atoms with Gasteiger partial charge in [0.15, 0.2) is 0 Å². The molecule has 23 heavy (non-hydrogen) atoms. The number of nitrogens with one attached hydrogen (secondary N) is 1. The zero-order valence-electron chi connectivity index (χ0n) is 13.0. The van der Waals surface area contributed by atoms with Gasteiger partial charge >= 0.3 is 5.97 Å². The molecule has 1 aliphatic carbocycles. The summed E-state index contributed by atoms with van der Waals surface area (Å²) in [5, 5.41) is 2.58. The third-order valence-electron chi connectivity index (χ3n) is 3.99. The van der Waals surface area contributed by atoms with E-state index in [1.165, 1.54) is 0 Å². The van der Waals surface area contributed by atoms with Crippen molar-refractivity contribution in [3.8, 4) is 0 Å². The summed E-state index contributed by atoms with van der Waals surface area (Å²) in [6.45, 7) is -0.258. The number of esters is 1. The van der Waals surface area contributed by atoms with Crippen molar-refractivity contribution >= 4 is 17.8 Å². The van der Waals surface area contributed by atoms with Crippen molar-refractivity contribution in [2.45, 2.75) is 38.2 Å². The van der Waals surface area contributed by atoms with Crippen LogP contribution in [0.15, 0.2) is 30.3 Å². The fourth-order valence-electron chi connectivity index (χ4n) is 2.76. The fourth-order valence-corrected chi connectivity index (χ4v) is 2.76. The minimum atomic E-state index is -1.14. The molecule has 124 valence electrons. The summed E-state index contributed by atoms with van der Waals surface area (Å²) in [5.74, 6) is -1.58. The van der Waals surface area contributed by atoms with Crippen LogP contribution >= 0.6 is 0 Å². The second-order valence-corrected chi connectivity index (χ2v) is 5.74. The average molecular weight is 318 g/mol. The minimum Gasteiger partial charge on any atom is -0.446 e. The third kappa shape index (κ3) is 5.09. The largest absolute Gasteiger partial charge is 0.446 e. The first kappa shape index (κ1) is 17.0. The zero-order chi connectivity index (χ0) is 16.7. The Bertz CT molecular complexity index is 553. The summed E-state index contributed by atoms with van der Waals surface area (Å²) in [4.78, 5) is 35.3. The van der Waals surface area contributed by atoms with Crippen LogP contribution in [0.25, 0.3) is 0 Å². The molecule has 6 heteroatoms. The summed E-state index contributed by atoms with van der Waals surface area (Å²) in [7, 11) is 0. The fraction of sp³-hybridized carbons (Fsp3) is 0.471. The number of carbonyl (C=O) groups excluding carboxylic acids is 3. The van der Waals surface area contributed by atoms with Crippen molar-refractivity contribution < 1.29 is 19.1 Å². The number of carbonyl (C=O) groups is 3. The van der Waals surface area contributed by atoms with E-state index in [1.54, 1.807) is 30.3 Å². The highest BCUT2D eigenvalue weighted by Gasteiger charge is 2.24. The van der Waals surface area contributed by atoms with E-state index >= 15 is 0 Å². The Morgan fingerprint density at radius 1 is 1.13 bits per heavy atom. The van der Waals surface area contributed by atoms with Gasteiger partial charge < -0.3 is 15.8 Å². The standard InChI is InChI=1S/C17H22N2O4/c18-16(21)15(12-7-3-1-4-8-12)23-14(20)11-19-17(22)13-9-5-2-6-10-13/h1,3-4,7-8,13,15H,2,5-6,9-11H2,(H2,18,21)(H,19,22)/t15-/m1/s1. The third-order valence-corrected chi connectivity index (χ3v) is 3.99. The molecule has 0 unspecified atom stereocenters. The highest BCUT2D eigenvalue weighted by atomic mass is 16.5. The van der Waals surface area contributed by atoms with Crippen molar-refractivity contribution in [3.63, 3.8) is 0 Å². The maximum Gasteiger partial charge on any atom is 0.326 e. The molecule has 1 saturated carbocycles. The maximum absolute atomic E-state index is 12.0. The monoisotopic (exact) mass is 318 g/mol. The van der Waals surface area contributed by atoms with E-state index in [9.17, 15) is 14.4 Å². The first-order chi connectivity index (χ1) is 11.1. The Morgan fingerprint density at radius 2 is 1.78 bits per heavy atom. The zero-order valence-corrected chi connectivity index (χ0v) is 13.0. The van der Waals surface area contributed by atoms with Gasteiger partial charge in [-0.1, -0.05) is 49.6 Å². The molecule has 1 aromatic rings. The van der Waals surface area contributed by atoms with Crippen LogP contribution in [-0.4, -0.2) is 24.3 Å². The van der Waals surface area contributed by atoms with E-state index in [2.05, 4.69) is 5.32 Å². The van der Waals surface area contributed by atoms with Gasteiger partial charge in [0.05, 0.1) is 0 Å². The Labute approximate surface area is 135 Å². The molecule has 1 aliphatic rings. The molecule has 2 rings (SSSR count). The lowest BCUT2D eigenvalue weighted by molar-refractivity contribution is -0.155. The Hall–Kier alpha value is -2.37. The number of rotatable bonds is 6. The number of benzene rings is 1. The van der Waals surface area contributed by atoms with E-state index < -0.39 is 18.0 Å². The van der Waals surface area contributed by atoms with Gasteiger partial charge in [-0.15, -0.1) is 0 Å². The summed E-state index contributed by atoms with van der Waals surface area (Å²) in [6, 6.07) is 8.55. The van der Waals surface area contributed by atoms with E-state index in [1.807, 2.05) is 0 Å². The first-order valence-corrected chi connectivity index (χ1v) is 7.89. The van der Waals surface area contributed by atoms with Crippen molar-refractivity contribution in [1.82, 2.24) is 5.32 Å². The van der Waals surface area contributed by atoms with Gasteiger partial charge in [-0.3, -0.25) is 14.4 Å². The molecule has 0 aliphatic heterocycles. The summed E-state index contributed by atoms with van der Waals surface area (Å²) in [6.07, 6.45) is 3.81. The molecule has 1 atom stereocenters. The van der Waals surface area contributed by atoms with E-state index in [0.717, 1.165) is 32.1 Å². The van der Waals surface area contributed by atoms with Crippen LogP contribution in [-0.2, 0) is 19.1 Å². The van der Waals surface area contributed by atoms with Gasteiger partial charge in [0, 0.05) is 11.5 Å². The normalized spacial score (nSPS) is 16.3. The molecule has 1 aromatic carbocycles. The van der Waals surface area contributed by atoms with Crippen LogP contribution in [0.3, 0.4) is 0 Å². The molecule has 0 aromatic heterocycles. The predicted molar refractivity (Wildman–Crippen MR) is 84.1 cm³/mol. The average Bonchev–Trinajstić information content (AvgIpc) is 2.58.